The Morgan fingerprint density at radius 3 is 2.40 bits per heavy atom. The second kappa shape index (κ2) is 8.40. The van der Waals surface area contributed by atoms with Crippen LogP contribution in [0.4, 0.5) is 18.9 Å². The van der Waals surface area contributed by atoms with Crippen LogP contribution in [0.3, 0.4) is 0 Å². The highest BCUT2D eigenvalue weighted by Crippen LogP contribution is 2.24. The van der Waals surface area contributed by atoms with E-state index in [-0.39, 0.29) is 11.3 Å². The topological polar surface area (TPSA) is 77.5 Å². The lowest BCUT2D eigenvalue weighted by Gasteiger charge is -2.15. The minimum absolute atomic E-state index is 0.225. The number of ether oxygens (including phenoxy) is 2. The number of carbonyl (C=O) groups is 2. The van der Waals surface area contributed by atoms with Crippen molar-refractivity contribution in [2.45, 2.75) is 26.3 Å². The van der Waals surface area contributed by atoms with Crippen LogP contribution in [0, 0.1) is 6.92 Å². The van der Waals surface area contributed by atoms with Crippen LogP contribution in [-0.2, 0) is 9.53 Å². The number of benzene rings is 2. The van der Waals surface area contributed by atoms with Crippen molar-refractivity contribution < 1.29 is 32.2 Å². The van der Waals surface area contributed by atoms with Gasteiger partial charge in [-0.2, -0.15) is 0 Å². The van der Waals surface area contributed by atoms with Gasteiger partial charge in [0.2, 0.25) is 0 Å². The Bertz CT molecular complexity index is 1080. The first kappa shape index (κ1) is 21.1. The number of hydrogen-bond acceptors (Lipinski definition) is 5. The molecule has 156 valence electrons. The number of para-hydroxylation sites is 1. The summed E-state index contributed by atoms with van der Waals surface area (Å²) in [6.45, 7) is 3.14. The molecule has 2 aromatic carbocycles. The van der Waals surface area contributed by atoms with Crippen molar-refractivity contribution >= 4 is 28.5 Å². The molecule has 1 amide bonds. The Labute approximate surface area is 169 Å². The highest BCUT2D eigenvalue weighted by atomic mass is 19.4. The Morgan fingerprint density at radius 2 is 1.73 bits per heavy atom. The molecule has 1 heterocycles. The lowest BCUT2D eigenvalue weighted by molar-refractivity contribution is -0.274. The number of rotatable bonds is 5. The zero-order valence-electron chi connectivity index (χ0n) is 16.0. The third-order valence-electron chi connectivity index (χ3n) is 4.07. The third-order valence-corrected chi connectivity index (χ3v) is 4.07. The van der Waals surface area contributed by atoms with Crippen LogP contribution in [0.5, 0.6) is 5.75 Å². The van der Waals surface area contributed by atoms with E-state index in [2.05, 4.69) is 15.0 Å². The van der Waals surface area contributed by atoms with Gasteiger partial charge in [0.05, 0.1) is 11.1 Å². The molecule has 9 heteroatoms. The summed E-state index contributed by atoms with van der Waals surface area (Å²) in [5.74, 6) is -1.74. The van der Waals surface area contributed by atoms with E-state index in [9.17, 15) is 22.8 Å². The fourth-order valence-electron chi connectivity index (χ4n) is 2.74. The van der Waals surface area contributed by atoms with E-state index in [1.165, 1.54) is 19.1 Å². The van der Waals surface area contributed by atoms with Crippen molar-refractivity contribution in [1.82, 2.24) is 4.98 Å². The number of esters is 1. The highest BCUT2D eigenvalue weighted by molar-refractivity contribution is 6.05. The standard InChI is InChI=1S/C21H17F3N2O4/c1-12-11-17(16-5-3-4-6-18(16)25-12)20(28)29-13(2)19(27)26-14-7-9-15(10-8-14)30-21(22,23)24/h3-11,13H,1-2H3,(H,26,27). The number of nitrogens with one attached hydrogen (secondary N) is 1. The van der Waals surface area contributed by atoms with Crippen LogP contribution < -0.4 is 10.1 Å². The normalized spacial score (nSPS) is 12.3. The van der Waals surface area contributed by atoms with Crippen molar-refractivity contribution in [2.24, 2.45) is 0 Å². The number of aromatic nitrogens is 1. The molecule has 30 heavy (non-hydrogen) atoms. The van der Waals surface area contributed by atoms with E-state index < -0.39 is 30.1 Å². The maximum atomic E-state index is 12.6. The lowest BCUT2D eigenvalue weighted by Crippen LogP contribution is -2.30. The summed E-state index contributed by atoms with van der Waals surface area (Å²) in [7, 11) is 0. The molecule has 3 aromatic rings. The van der Waals surface area contributed by atoms with E-state index in [4.69, 9.17) is 4.74 Å². The summed E-state index contributed by atoms with van der Waals surface area (Å²) in [6, 6.07) is 13.2. The lowest BCUT2D eigenvalue weighted by atomic mass is 10.1. The molecule has 1 N–H and O–H groups in total. The molecule has 0 radical (unpaired) electrons. The SMILES string of the molecule is Cc1cc(C(=O)OC(C)C(=O)Nc2ccc(OC(F)(F)F)cc2)c2ccccc2n1. The Hall–Kier alpha value is -3.62. The summed E-state index contributed by atoms with van der Waals surface area (Å²) >= 11 is 0. The largest absolute Gasteiger partial charge is 0.573 e. The first-order valence-corrected chi connectivity index (χ1v) is 8.86. The molecule has 1 unspecified atom stereocenters. The molecule has 0 fully saturated rings. The number of hydrogen-bond donors (Lipinski definition) is 1. The van der Waals surface area contributed by atoms with Crippen molar-refractivity contribution in [2.75, 3.05) is 5.32 Å². The quantitative estimate of drug-likeness (QED) is 0.612. The van der Waals surface area contributed by atoms with E-state index >= 15 is 0 Å². The van der Waals surface area contributed by atoms with Gasteiger partial charge in [-0.1, -0.05) is 18.2 Å². The molecular weight excluding hydrogens is 401 g/mol. The summed E-state index contributed by atoms with van der Waals surface area (Å²) in [6.07, 6.45) is -5.95. The average molecular weight is 418 g/mol. The third kappa shape index (κ3) is 5.25. The van der Waals surface area contributed by atoms with Gasteiger partial charge in [-0.3, -0.25) is 9.78 Å². The van der Waals surface area contributed by atoms with Gasteiger partial charge in [0.25, 0.3) is 5.91 Å². The molecule has 0 aliphatic heterocycles. The second-order valence-corrected chi connectivity index (χ2v) is 6.44. The van der Waals surface area contributed by atoms with Crippen LogP contribution in [-0.4, -0.2) is 29.3 Å². The van der Waals surface area contributed by atoms with Crippen molar-refractivity contribution in [1.29, 1.82) is 0 Å². The maximum Gasteiger partial charge on any atom is 0.573 e. The van der Waals surface area contributed by atoms with E-state index in [1.54, 1.807) is 37.3 Å². The minimum Gasteiger partial charge on any atom is -0.449 e. The Morgan fingerprint density at radius 1 is 1.07 bits per heavy atom. The van der Waals surface area contributed by atoms with Crippen molar-refractivity contribution in [3.63, 3.8) is 0 Å². The van der Waals surface area contributed by atoms with Crippen molar-refractivity contribution in [3.05, 3.63) is 65.9 Å². The molecule has 0 bridgehead atoms. The van der Waals surface area contributed by atoms with Gasteiger partial charge in [-0.05, 0) is 50.2 Å². The number of carbonyl (C=O) groups excluding carboxylic acids is 2. The van der Waals surface area contributed by atoms with Gasteiger partial charge in [-0.15, -0.1) is 13.2 Å². The predicted molar refractivity (Wildman–Crippen MR) is 103 cm³/mol. The van der Waals surface area contributed by atoms with E-state index in [0.29, 0.717) is 16.6 Å². The van der Waals surface area contributed by atoms with Crippen molar-refractivity contribution in [3.8, 4) is 5.75 Å². The Kier molecular flexibility index (Phi) is 5.91. The Balaban J connectivity index is 1.67. The fraction of sp³-hybridized carbons (Fsp3) is 0.190. The number of halogens is 3. The molecule has 1 aromatic heterocycles. The summed E-state index contributed by atoms with van der Waals surface area (Å²) in [5, 5.41) is 3.07. The zero-order chi connectivity index (χ0) is 21.9. The van der Waals surface area contributed by atoms with Gasteiger partial charge in [0, 0.05) is 16.8 Å². The van der Waals surface area contributed by atoms with Crippen LogP contribution in [0.25, 0.3) is 10.9 Å². The summed E-state index contributed by atoms with van der Waals surface area (Å²) < 4.78 is 45.6. The molecule has 0 saturated carbocycles. The average Bonchev–Trinajstić information content (AvgIpc) is 2.67. The molecule has 1 atom stereocenters. The fourth-order valence-corrected chi connectivity index (χ4v) is 2.74. The van der Waals surface area contributed by atoms with Gasteiger partial charge < -0.3 is 14.8 Å². The first-order valence-electron chi connectivity index (χ1n) is 8.86. The van der Waals surface area contributed by atoms with E-state index in [1.807, 2.05) is 0 Å². The maximum absolute atomic E-state index is 12.6. The van der Waals surface area contributed by atoms with E-state index in [0.717, 1.165) is 12.1 Å². The summed E-state index contributed by atoms with van der Waals surface area (Å²) in [4.78, 5) is 29.3. The number of amides is 1. The predicted octanol–water partition coefficient (Wildman–Crippen LogP) is 4.63. The number of alkyl halides is 3. The number of anilines is 1. The minimum atomic E-state index is -4.80. The second-order valence-electron chi connectivity index (χ2n) is 6.44. The number of nitrogens with zero attached hydrogens (tertiary/aromatic N) is 1. The van der Waals surface area contributed by atoms with Crippen LogP contribution in [0.15, 0.2) is 54.6 Å². The molecule has 6 nitrogen and oxygen atoms in total. The molecule has 0 saturated heterocycles. The number of fused-ring (bicyclic) bond motifs is 1. The monoisotopic (exact) mass is 418 g/mol. The van der Waals surface area contributed by atoms with Gasteiger partial charge in [-0.25, -0.2) is 4.79 Å². The number of aryl methyl sites for hydroxylation is 1. The molecular formula is C21H17F3N2O4. The zero-order valence-corrected chi connectivity index (χ0v) is 16.0. The number of pyridine rings is 1. The molecule has 0 aliphatic carbocycles. The smallest absolute Gasteiger partial charge is 0.449 e. The summed E-state index contributed by atoms with van der Waals surface area (Å²) in [5.41, 5.74) is 1.76. The first-order chi connectivity index (χ1) is 14.1. The highest BCUT2D eigenvalue weighted by Gasteiger charge is 2.31. The van der Waals surface area contributed by atoms with Gasteiger partial charge >= 0.3 is 12.3 Å². The van der Waals surface area contributed by atoms with Crippen LogP contribution >= 0.6 is 0 Å². The molecule has 0 aliphatic rings. The molecule has 3 rings (SSSR count). The van der Waals surface area contributed by atoms with Gasteiger partial charge in [0.1, 0.15) is 5.75 Å². The van der Waals surface area contributed by atoms with Gasteiger partial charge in [0.15, 0.2) is 6.10 Å². The molecule has 0 spiro atoms. The van der Waals surface area contributed by atoms with Crippen LogP contribution in [0.2, 0.25) is 0 Å². The van der Waals surface area contributed by atoms with Crippen LogP contribution in [0.1, 0.15) is 23.0 Å².